The van der Waals surface area contributed by atoms with E-state index < -0.39 is 0 Å². The zero-order valence-electron chi connectivity index (χ0n) is 8.25. The van der Waals surface area contributed by atoms with E-state index in [4.69, 9.17) is 10.8 Å². The lowest BCUT2D eigenvalue weighted by molar-refractivity contribution is -0.121. The Hall–Kier alpha value is -0.610. The molecule has 0 rings (SSSR count). The SMILES string of the molecule is CC(CN)CC(=O)NCCCCO. The van der Waals surface area contributed by atoms with Gasteiger partial charge in [-0.3, -0.25) is 4.79 Å². The Balaban J connectivity index is 3.30. The van der Waals surface area contributed by atoms with Gasteiger partial charge in [0.15, 0.2) is 0 Å². The molecule has 0 spiro atoms. The van der Waals surface area contributed by atoms with Gasteiger partial charge in [-0.15, -0.1) is 0 Å². The maximum atomic E-state index is 11.1. The summed E-state index contributed by atoms with van der Waals surface area (Å²) in [5.74, 6) is 0.300. The summed E-state index contributed by atoms with van der Waals surface area (Å²) in [4.78, 5) is 11.1. The molecule has 13 heavy (non-hydrogen) atoms. The van der Waals surface area contributed by atoms with Crippen LogP contribution in [0.1, 0.15) is 26.2 Å². The van der Waals surface area contributed by atoms with Crippen LogP contribution in [0.3, 0.4) is 0 Å². The molecular formula is C9H20N2O2. The third-order valence-electron chi connectivity index (χ3n) is 1.84. The Labute approximate surface area is 79.5 Å². The molecule has 0 aliphatic heterocycles. The van der Waals surface area contributed by atoms with Crippen molar-refractivity contribution < 1.29 is 9.90 Å². The molecular weight excluding hydrogens is 168 g/mol. The number of nitrogens with one attached hydrogen (secondary N) is 1. The van der Waals surface area contributed by atoms with Gasteiger partial charge in [-0.2, -0.15) is 0 Å². The minimum atomic E-state index is 0.0517. The molecule has 0 radical (unpaired) electrons. The van der Waals surface area contributed by atoms with Gasteiger partial charge >= 0.3 is 0 Å². The van der Waals surface area contributed by atoms with Crippen LogP contribution < -0.4 is 11.1 Å². The smallest absolute Gasteiger partial charge is 0.220 e. The van der Waals surface area contributed by atoms with Gasteiger partial charge in [-0.05, 0) is 25.3 Å². The van der Waals surface area contributed by atoms with E-state index in [9.17, 15) is 4.79 Å². The van der Waals surface area contributed by atoms with Crippen molar-refractivity contribution in [1.29, 1.82) is 0 Å². The number of hydrogen-bond acceptors (Lipinski definition) is 3. The topological polar surface area (TPSA) is 75.4 Å². The zero-order chi connectivity index (χ0) is 10.1. The van der Waals surface area contributed by atoms with Gasteiger partial charge in [-0.1, -0.05) is 6.92 Å². The standard InChI is InChI=1S/C9H20N2O2/c1-8(7-10)6-9(13)11-4-2-3-5-12/h8,12H,2-7,10H2,1H3,(H,11,13). The number of carbonyl (C=O) groups is 1. The number of aliphatic hydroxyl groups is 1. The van der Waals surface area contributed by atoms with Gasteiger partial charge in [0, 0.05) is 19.6 Å². The normalized spacial score (nSPS) is 12.5. The number of rotatable bonds is 7. The minimum absolute atomic E-state index is 0.0517. The number of hydrogen-bond donors (Lipinski definition) is 3. The van der Waals surface area contributed by atoms with Crippen LogP contribution in [0.2, 0.25) is 0 Å². The minimum Gasteiger partial charge on any atom is -0.396 e. The van der Waals surface area contributed by atoms with E-state index in [0.717, 1.165) is 12.8 Å². The van der Waals surface area contributed by atoms with E-state index in [2.05, 4.69) is 5.32 Å². The van der Waals surface area contributed by atoms with Crippen LogP contribution in [0.5, 0.6) is 0 Å². The summed E-state index contributed by atoms with van der Waals surface area (Å²) < 4.78 is 0. The van der Waals surface area contributed by atoms with Crippen molar-refractivity contribution >= 4 is 5.91 Å². The first-order valence-corrected chi connectivity index (χ1v) is 4.78. The fraction of sp³-hybridized carbons (Fsp3) is 0.889. The van der Waals surface area contributed by atoms with E-state index >= 15 is 0 Å². The summed E-state index contributed by atoms with van der Waals surface area (Å²) >= 11 is 0. The number of amides is 1. The van der Waals surface area contributed by atoms with Crippen LogP contribution in [0, 0.1) is 5.92 Å². The van der Waals surface area contributed by atoms with Crippen molar-refractivity contribution in [3.63, 3.8) is 0 Å². The molecule has 0 heterocycles. The van der Waals surface area contributed by atoms with E-state index in [1.807, 2.05) is 6.92 Å². The Morgan fingerprint density at radius 2 is 2.23 bits per heavy atom. The van der Waals surface area contributed by atoms with E-state index in [1.54, 1.807) is 0 Å². The summed E-state index contributed by atoms with van der Waals surface area (Å²) in [7, 11) is 0. The Morgan fingerprint density at radius 1 is 1.54 bits per heavy atom. The highest BCUT2D eigenvalue weighted by molar-refractivity contribution is 5.76. The molecule has 0 saturated carbocycles. The first kappa shape index (κ1) is 12.4. The lowest BCUT2D eigenvalue weighted by Gasteiger charge is -2.08. The first-order chi connectivity index (χ1) is 6.20. The number of carbonyl (C=O) groups excluding carboxylic acids is 1. The average Bonchev–Trinajstić information content (AvgIpc) is 2.12. The molecule has 0 aromatic rings. The Bertz CT molecular complexity index is 140. The fourth-order valence-electron chi connectivity index (χ4n) is 0.937. The molecule has 4 heteroatoms. The summed E-state index contributed by atoms with van der Waals surface area (Å²) in [5.41, 5.74) is 5.38. The molecule has 78 valence electrons. The van der Waals surface area contributed by atoms with Crippen molar-refractivity contribution in [2.24, 2.45) is 11.7 Å². The Kier molecular flexibility index (Phi) is 7.63. The van der Waals surface area contributed by atoms with Crippen LogP contribution in [0.4, 0.5) is 0 Å². The van der Waals surface area contributed by atoms with Crippen LogP contribution >= 0.6 is 0 Å². The molecule has 0 fully saturated rings. The van der Waals surface area contributed by atoms with Gasteiger partial charge < -0.3 is 16.2 Å². The highest BCUT2D eigenvalue weighted by Crippen LogP contribution is 1.97. The predicted octanol–water partition coefficient (Wildman–Crippen LogP) is -0.140. The summed E-state index contributed by atoms with van der Waals surface area (Å²) in [6.45, 7) is 3.34. The third-order valence-corrected chi connectivity index (χ3v) is 1.84. The van der Waals surface area contributed by atoms with Crippen molar-refractivity contribution in [1.82, 2.24) is 5.32 Å². The second kappa shape index (κ2) is 8.01. The second-order valence-electron chi connectivity index (χ2n) is 3.33. The number of aliphatic hydroxyl groups excluding tert-OH is 1. The zero-order valence-corrected chi connectivity index (χ0v) is 8.25. The molecule has 0 aliphatic carbocycles. The first-order valence-electron chi connectivity index (χ1n) is 4.78. The van der Waals surface area contributed by atoms with Crippen LogP contribution in [0.25, 0.3) is 0 Å². The molecule has 0 bridgehead atoms. The van der Waals surface area contributed by atoms with Crippen LogP contribution in [-0.4, -0.2) is 30.7 Å². The predicted molar refractivity (Wildman–Crippen MR) is 52.2 cm³/mol. The highest BCUT2D eigenvalue weighted by Gasteiger charge is 2.05. The lowest BCUT2D eigenvalue weighted by Crippen LogP contribution is -2.28. The van der Waals surface area contributed by atoms with Crippen molar-refractivity contribution in [2.75, 3.05) is 19.7 Å². The largest absolute Gasteiger partial charge is 0.396 e. The van der Waals surface area contributed by atoms with Gasteiger partial charge in [0.25, 0.3) is 0 Å². The maximum absolute atomic E-state index is 11.1. The maximum Gasteiger partial charge on any atom is 0.220 e. The third kappa shape index (κ3) is 7.74. The van der Waals surface area contributed by atoms with Crippen LogP contribution in [-0.2, 0) is 4.79 Å². The van der Waals surface area contributed by atoms with Crippen molar-refractivity contribution in [3.05, 3.63) is 0 Å². The van der Waals surface area contributed by atoms with Crippen molar-refractivity contribution in [2.45, 2.75) is 26.2 Å². The van der Waals surface area contributed by atoms with Crippen LogP contribution in [0.15, 0.2) is 0 Å². The highest BCUT2D eigenvalue weighted by atomic mass is 16.2. The lowest BCUT2D eigenvalue weighted by atomic mass is 10.1. The summed E-state index contributed by atoms with van der Waals surface area (Å²) in [5, 5.41) is 11.3. The molecule has 0 aromatic heterocycles. The van der Waals surface area contributed by atoms with E-state index in [0.29, 0.717) is 19.5 Å². The fourth-order valence-corrected chi connectivity index (χ4v) is 0.937. The molecule has 1 unspecified atom stereocenters. The van der Waals surface area contributed by atoms with Gasteiger partial charge in [0.05, 0.1) is 0 Å². The molecule has 4 nitrogen and oxygen atoms in total. The van der Waals surface area contributed by atoms with E-state index in [1.165, 1.54) is 0 Å². The second-order valence-corrected chi connectivity index (χ2v) is 3.33. The number of nitrogens with two attached hydrogens (primary N) is 1. The van der Waals surface area contributed by atoms with Gasteiger partial charge in [0.2, 0.25) is 5.91 Å². The van der Waals surface area contributed by atoms with Crippen molar-refractivity contribution in [3.8, 4) is 0 Å². The van der Waals surface area contributed by atoms with Gasteiger partial charge in [-0.25, -0.2) is 0 Å². The monoisotopic (exact) mass is 188 g/mol. The molecule has 0 aromatic carbocycles. The quantitative estimate of drug-likeness (QED) is 0.487. The average molecular weight is 188 g/mol. The molecule has 0 saturated heterocycles. The van der Waals surface area contributed by atoms with Gasteiger partial charge in [0.1, 0.15) is 0 Å². The molecule has 1 atom stereocenters. The molecule has 0 aliphatic rings. The molecule has 4 N–H and O–H groups in total. The summed E-state index contributed by atoms with van der Waals surface area (Å²) in [6, 6.07) is 0. The van der Waals surface area contributed by atoms with E-state index in [-0.39, 0.29) is 18.4 Å². The summed E-state index contributed by atoms with van der Waals surface area (Å²) in [6.07, 6.45) is 2.07. The Morgan fingerprint density at radius 3 is 2.77 bits per heavy atom. The molecule has 1 amide bonds. The number of unbranched alkanes of at least 4 members (excludes halogenated alkanes) is 1.